The highest BCUT2D eigenvalue weighted by molar-refractivity contribution is 6.67. The van der Waals surface area contributed by atoms with E-state index in [1.54, 1.807) is 51.1 Å². The van der Waals surface area contributed by atoms with Crippen molar-refractivity contribution in [2.45, 2.75) is 98.0 Å². The fourth-order valence-corrected chi connectivity index (χ4v) is 13.5. The Morgan fingerprint density at radius 2 is 1.32 bits per heavy atom. The largest absolute Gasteiger partial charge is 0.504 e. The summed E-state index contributed by atoms with van der Waals surface area (Å²) in [5.41, 5.74) is -0.449. The molecule has 3 aliphatic rings. The second-order valence-electron chi connectivity index (χ2n) is 28.5. The second kappa shape index (κ2) is 42.1. The van der Waals surface area contributed by atoms with E-state index in [1.807, 2.05) is 30.3 Å². The highest BCUT2D eigenvalue weighted by Crippen LogP contribution is 2.48. The summed E-state index contributed by atoms with van der Waals surface area (Å²) in [5.74, 6) is -8.19. The Morgan fingerprint density at radius 1 is 0.623 bits per heavy atom. The molecule has 9 N–H and O–H groups in total. The van der Waals surface area contributed by atoms with Crippen molar-refractivity contribution in [1.82, 2.24) is 37.2 Å². The smallest absolute Gasteiger partial charge is 0.408 e. The number of fused-ring (bicyclic) bond motifs is 8. The molecule has 650 valence electrons. The van der Waals surface area contributed by atoms with E-state index in [0.717, 1.165) is 29.8 Å². The van der Waals surface area contributed by atoms with Gasteiger partial charge in [0.2, 0.25) is 44.9 Å². The lowest BCUT2D eigenvalue weighted by Gasteiger charge is -2.32. The molecule has 0 fully saturated rings. The third-order valence-corrected chi connectivity index (χ3v) is 19.5. The minimum Gasteiger partial charge on any atom is -0.504 e. The van der Waals surface area contributed by atoms with Crippen LogP contribution in [0.1, 0.15) is 95.6 Å². The van der Waals surface area contributed by atoms with Crippen molar-refractivity contribution in [2.24, 2.45) is 0 Å². The molecule has 1 unspecified atom stereocenters. The maximum absolute atomic E-state index is 16.3. The number of carbonyl (C=O) groups is 7. The van der Waals surface area contributed by atoms with Gasteiger partial charge in [-0.15, -0.1) is 0 Å². The maximum Gasteiger partial charge on any atom is 0.408 e. The van der Waals surface area contributed by atoms with E-state index in [-0.39, 0.29) is 147 Å². The molecule has 7 amide bonds. The van der Waals surface area contributed by atoms with Crippen LogP contribution in [-0.2, 0) is 71.8 Å². The van der Waals surface area contributed by atoms with Gasteiger partial charge in [0, 0.05) is 49.3 Å². The van der Waals surface area contributed by atoms with Crippen molar-refractivity contribution < 1.29 is 119 Å². The van der Waals surface area contributed by atoms with Gasteiger partial charge in [0.05, 0.1) is 97.7 Å². The van der Waals surface area contributed by atoms with E-state index >= 15 is 28.4 Å². The molecule has 33 nitrogen and oxygen atoms in total. The second-order valence-corrected chi connectivity index (χ2v) is 31.4. The first-order chi connectivity index (χ1) is 58.2. The molecule has 8 aromatic rings. The number of nitro groups is 1. The number of rotatable bonds is 32. The molecule has 8 aromatic carbocycles. The number of phenols is 1. The molecule has 122 heavy (non-hydrogen) atoms. The number of aromatic hydroxyl groups is 1. The molecule has 0 aromatic heterocycles. The molecule has 8 atom stereocenters. The normalized spacial score (nSPS) is 16.5. The lowest BCUT2D eigenvalue weighted by molar-refractivity contribution is -0.387. The monoisotopic (exact) mass is 1770 g/mol. The number of methoxy groups -OCH3 is 7. The zero-order chi connectivity index (χ0) is 88.3. The molecule has 11 rings (SSSR count). The van der Waals surface area contributed by atoms with Crippen LogP contribution in [0.2, 0.25) is 5.02 Å². The number of hydrogen-bond acceptors (Lipinski definition) is 25. The van der Waals surface area contributed by atoms with Gasteiger partial charge in [-0.05, 0) is 138 Å². The van der Waals surface area contributed by atoms with E-state index in [4.69, 9.17) is 113 Å². The van der Waals surface area contributed by atoms with Gasteiger partial charge in [-0.2, -0.15) is 4.39 Å². The zero-order valence-corrected chi connectivity index (χ0v) is 70.5. The Kier molecular flexibility index (Phi) is 31.9. The van der Waals surface area contributed by atoms with Crippen LogP contribution in [0.3, 0.4) is 0 Å². The Morgan fingerprint density at radius 3 is 2.00 bits per heavy atom. The molecule has 0 saturated heterocycles. The average Bonchev–Trinajstić information content (AvgIpc) is 0.763. The van der Waals surface area contributed by atoms with Gasteiger partial charge in [0.25, 0.3) is 0 Å². The van der Waals surface area contributed by atoms with E-state index in [9.17, 15) is 29.9 Å². The van der Waals surface area contributed by atoms with E-state index in [2.05, 4.69) is 37.2 Å². The highest BCUT2D eigenvalue weighted by Gasteiger charge is 2.41. The minimum absolute atomic E-state index is 0.0152. The van der Waals surface area contributed by atoms with Gasteiger partial charge in [0.1, 0.15) is 89.8 Å². The number of phenolic OH excluding ortho intramolecular Hbond substituents is 1. The van der Waals surface area contributed by atoms with Crippen molar-refractivity contribution in [1.29, 1.82) is 0 Å². The predicted molar refractivity (Wildman–Crippen MR) is 441 cm³/mol. The lowest BCUT2D eigenvalue weighted by atomic mass is 9.89. The first-order valence-corrected chi connectivity index (χ1v) is 39.0. The third kappa shape index (κ3) is 24.5. The Hall–Kier alpha value is -11.9. The first-order valence-electron chi connectivity index (χ1n) is 37.5. The summed E-state index contributed by atoms with van der Waals surface area (Å²) in [6.07, 6.45) is -5.54. The van der Waals surface area contributed by atoms with Crippen LogP contribution in [0.25, 0.3) is 11.1 Å². The summed E-state index contributed by atoms with van der Waals surface area (Å²) in [7, 11) is 9.48. The quantitative estimate of drug-likeness (QED) is 0.00621. The van der Waals surface area contributed by atoms with Crippen LogP contribution in [0.5, 0.6) is 63.2 Å². The van der Waals surface area contributed by atoms with Crippen molar-refractivity contribution in [2.75, 3.05) is 89.6 Å². The molecule has 3 heterocycles. The fourth-order valence-electron chi connectivity index (χ4n) is 13.1. The highest BCUT2D eigenvalue weighted by atomic mass is 35.6. The number of alkyl halides is 3. The molecule has 3 aliphatic heterocycles. The Balaban J connectivity index is 1.13. The molecule has 0 radical (unpaired) electrons. The lowest BCUT2D eigenvalue weighted by Crippen LogP contribution is -2.57. The van der Waals surface area contributed by atoms with Gasteiger partial charge < -0.3 is 114 Å². The molecule has 0 spiro atoms. The third-order valence-electron chi connectivity index (χ3n) is 18.8. The van der Waals surface area contributed by atoms with Crippen LogP contribution >= 0.6 is 46.4 Å². The molecular formula is C84H89Cl4FN8O25. The van der Waals surface area contributed by atoms with E-state index in [0.29, 0.717) is 5.56 Å². The van der Waals surface area contributed by atoms with Crippen molar-refractivity contribution >= 4 is 93.8 Å². The minimum atomic E-state index is -2.21. The number of nitrogens with one attached hydrogen (secondary N) is 7. The number of benzene rings is 8. The number of alkyl carbamates (subject to hydrolysis) is 2. The molecule has 38 heteroatoms. The van der Waals surface area contributed by atoms with Gasteiger partial charge in [-0.1, -0.05) is 101 Å². The number of hydrogen-bond donors (Lipinski definition) is 9. The number of nitrogens with zero attached hydrogens (tertiary/aromatic N) is 1. The van der Waals surface area contributed by atoms with Crippen molar-refractivity contribution in [3.05, 3.63) is 211 Å². The number of ether oxygens (including phenoxy) is 14. The summed E-state index contributed by atoms with van der Waals surface area (Å²) in [5, 5.41) is 55.4. The molecular weight excluding hydrogens is 1680 g/mol. The van der Waals surface area contributed by atoms with Crippen molar-refractivity contribution in [3.8, 4) is 74.4 Å². The SMILES string of the molecule is COCCOCOCC1NC(=O)[C@H]2NC(=O)[C@H](NC(=O)[C@H](NC(=O)[C@H](Cc3cc(OC)cc(Oc4cc([C@H](COCc5ccccc5)NC(=O)OC(C)(C)C)ccc4OC)c3)NC(=O)[C@@H](Cc3ccc(F)c([N+](=O)[O-])c3)NC(=O)OCC(Cl)(Cl)Cl)c3cc(O)c(OC)c(c3)Oc3ccc(cc3Cl)[C@H]2O)c2ccc(OC)c(c2)-c2c(OC)cc(OC)cc21. The van der Waals surface area contributed by atoms with Crippen LogP contribution in [0.4, 0.5) is 19.7 Å². The number of halogens is 5. The number of aliphatic hydroxyl groups is 1. The Bertz CT molecular complexity index is 5120. The topological polar surface area (TPSA) is 417 Å². The van der Waals surface area contributed by atoms with Gasteiger partial charge >= 0.3 is 17.9 Å². The predicted octanol–water partition coefficient (Wildman–Crippen LogP) is 12.0. The average molecular weight is 1770 g/mol. The summed E-state index contributed by atoms with van der Waals surface area (Å²) in [4.78, 5) is 118. The van der Waals surface area contributed by atoms with Crippen LogP contribution in [0, 0.1) is 15.9 Å². The van der Waals surface area contributed by atoms with Gasteiger partial charge in [0.15, 0.2) is 23.0 Å². The standard InChI is InChI=1S/C84H89Cl4FN8O25/c1-83(2,3)122-82(106)93-60(40-117-39-44-14-12-11-13-15-44)47-17-23-66(113-8)67(34-47)120-53-27-46(26-51(36-53)110-5)29-58(90-76(100)59(92-81(105)119-42-84(86,87)88)28-45-16-20-57(89)62(30-45)97(107)108)77(101)94-72-50-33-63(98)75(115-10)69(35-50)121-65-22-19-49(32-56(65)85)74(99)73-80(104)91-61(41-118-43-116-25-24-109-4)54-37-52(111-6)38-68(114-9)70(54)55-31-48(18-21-64(55)112-7)71(78(102)96-73)95-79(72)103/h11-23,26-27,30-38,58-61,71-74,98-99H,24-25,28-29,39-43H2,1-10H3,(H,90,100)(H,91,104)(H,92,105)(H,93,106)(H,94,101)(H,95,103)(H,96,102)/t58-,59+,60-,61?,71+,72+,73-,74+/m0/s1. The molecule has 8 bridgehead atoms. The molecule has 0 aliphatic carbocycles. The van der Waals surface area contributed by atoms with Gasteiger partial charge in [-0.3, -0.25) is 34.1 Å². The first kappa shape index (κ1) is 92.4. The fraction of sp³-hybridized carbons (Fsp3) is 0.345. The number of aliphatic hydroxyl groups excluding tert-OH is 1. The number of nitro benzene ring substituents is 1. The van der Waals surface area contributed by atoms with Crippen LogP contribution in [-0.4, -0.2) is 174 Å². The molecule has 0 saturated carbocycles. The summed E-state index contributed by atoms with van der Waals surface area (Å²) < 4.78 is 94.6. The van der Waals surface area contributed by atoms with Crippen molar-refractivity contribution in [3.63, 3.8) is 0 Å². The Labute approximate surface area is 719 Å². The maximum atomic E-state index is 16.3. The zero-order valence-electron chi connectivity index (χ0n) is 67.5. The van der Waals surface area contributed by atoms with Crippen LogP contribution < -0.4 is 75.1 Å². The van der Waals surface area contributed by atoms with Crippen LogP contribution in [0.15, 0.2) is 146 Å². The van der Waals surface area contributed by atoms with E-state index in [1.165, 1.54) is 110 Å². The summed E-state index contributed by atoms with van der Waals surface area (Å²) in [6.45, 7) is 4.00. The summed E-state index contributed by atoms with van der Waals surface area (Å²) >= 11 is 24.9. The number of amides is 7. The van der Waals surface area contributed by atoms with E-state index < -0.39 is 141 Å². The van der Waals surface area contributed by atoms with Gasteiger partial charge in [-0.25, -0.2) is 9.59 Å². The number of carbonyl (C=O) groups excluding carboxylic acids is 7. The summed E-state index contributed by atoms with van der Waals surface area (Å²) in [6, 6.07) is 22.3.